The summed E-state index contributed by atoms with van der Waals surface area (Å²) in [5, 5.41) is 2.45. The molecule has 2 aromatic rings. The van der Waals surface area contributed by atoms with E-state index in [4.69, 9.17) is 4.74 Å². The molecule has 0 aliphatic carbocycles. The van der Waals surface area contributed by atoms with Crippen LogP contribution in [0.4, 0.5) is 31.5 Å². The van der Waals surface area contributed by atoms with Gasteiger partial charge in [-0.25, -0.2) is 4.98 Å². The van der Waals surface area contributed by atoms with Crippen LogP contribution in [-0.4, -0.2) is 43.6 Å². The number of ether oxygens (including phenoxy) is 2. The van der Waals surface area contributed by atoms with Gasteiger partial charge in [0, 0.05) is 26.3 Å². The third-order valence-corrected chi connectivity index (χ3v) is 6.21. The molecule has 1 saturated heterocycles. The van der Waals surface area contributed by atoms with Crippen LogP contribution in [0.5, 0.6) is 5.75 Å². The first-order chi connectivity index (χ1) is 15.3. The summed E-state index contributed by atoms with van der Waals surface area (Å²) in [6, 6.07) is 3.88. The molecule has 1 fully saturated rings. The molecule has 0 spiro atoms. The molecule has 0 saturated carbocycles. The highest BCUT2D eigenvalue weighted by atomic mass is 32.1. The lowest BCUT2D eigenvalue weighted by molar-refractivity contribution is -0.274. The second-order valence-corrected chi connectivity index (χ2v) is 8.42. The van der Waals surface area contributed by atoms with Crippen molar-refractivity contribution in [3.05, 3.63) is 40.4 Å². The number of aromatic nitrogens is 1. The predicted octanol–water partition coefficient (Wildman–Crippen LogP) is 5.17. The molecule has 1 aromatic heterocycles. The summed E-state index contributed by atoms with van der Waals surface area (Å²) in [4.78, 5) is 17.4. The lowest BCUT2D eigenvalue weighted by Crippen LogP contribution is -2.36. The number of nitrogens with zero attached hydrogens (tertiary/aromatic N) is 2. The van der Waals surface area contributed by atoms with Gasteiger partial charge in [-0.1, -0.05) is 23.5 Å². The van der Waals surface area contributed by atoms with E-state index in [0.717, 1.165) is 12.1 Å². The maximum Gasteiger partial charge on any atom is 0.573 e. The average molecular weight is 497 g/mol. The fourth-order valence-corrected chi connectivity index (χ4v) is 4.38. The number of hydrogen-bond acceptors (Lipinski definition) is 6. The van der Waals surface area contributed by atoms with Gasteiger partial charge in [-0.2, -0.15) is 13.2 Å². The Morgan fingerprint density at radius 2 is 1.91 bits per heavy atom. The highest BCUT2D eigenvalue weighted by Gasteiger charge is 2.41. The van der Waals surface area contributed by atoms with Crippen molar-refractivity contribution in [3.8, 4) is 5.75 Å². The third kappa shape index (κ3) is 6.50. The Morgan fingerprint density at radius 3 is 2.52 bits per heavy atom. The quantitative estimate of drug-likeness (QED) is 0.559. The Hall–Kier alpha value is -2.54. The van der Waals surface area contributed by atoms with Crippen LogP contribution >= 0.6 is 11.3 Å². The van der Waals surface area contributed by atoms with Crippen LogP contribution in [-0.2, 0) is 10.9 Å². The summed E-state index contributed by atoms with van der Waals surface area (Å²) in [5.41, 5.74) is -1.08. The molecular weight excluding hydrogens is 476 g/mol. The molecule has 33 heavy (non-hydrogen) atoms. The summed E-state index contributed by atoms with van der Waals surface area (Å²) >= 11 is 0.613. The Labute approximate surface area is 189 Å². The predicted molar refractivity (Wildman–Crippen MR) is 108 cm³/mol. The van der Waals surface area contributed by atoms with E-state index >= 15 is 0 Å². The van der Waals surface area contributed by atoms with Crippen molar-refractivity contribution >= 4 is 22.4 Å². The number of carbonyl (C=O) groups excluding carboxylic acids is 1. The van der Waals surface area contributed by atoms with Crippen molar-refractivity contribution in [1.29, 1.82) is 0 Å². The number of benzene rings is 1. The number of hydrogen-bond donors (Lipinski definition) is 1. The van der Waals surface area contributed by atoms with Crippen molar-refractivity contribution in [3.63, 3.8) is 0 Å². The van der Waals surface area contributed by atoms with Gasteiger partial charge in [-0.15, -0.1) is 13.2 Å². The normalized spacial score (nSPS) is 16.4. The summed E-state index contributed by atoms with van der Waals surface area (Å²) in [6.45, 7) is 2.40. The molecule has 1 unspecified atom stereocenters. The topological polar surface area (TPSA) is 63.7 Å². The van der Waals surface area contributed by atoms with Gasteiger partial charge in [0.2, 0.25) is 0 Å². The molecule has 1 atom stereocenters. The zero-order valence-corrected chi connectivity index (χ0v) is 18.4. The minimum atomic E-state index is -4.90. The maximum absolute atomic E-state index is 13.6. The highest BCUT2D eigenvalue weighted by Crippen LogP contribution is 2.38. The SMILES string of the molecule is CC(NC(=O)c1sc(N(C)C2CCOCC2)nc1C(F)(F)F)c1cccc(OC(F)(F)F)c1. The van der Waals surface area contributed by atoms with Crippen LogP contribution in [0.3, 0.4) is 0 Å². The summed E-state index contributed by atoms with van der Waals surface area (Å²) < 4.78 is 87.3. The number of halogens is 6. The molecule has 0 bridgehead atoms. The Morgan fingerprint density at radius 1 is 1.24 bits per heavy atom. The highest BCUT2D eigenvalue weighted by molar-refractivity contribution is 7.17. The Kier molecular flexibility index (Phi) is 7.42. The monoisotopic (exact) mass is 497 g/mol. The van der Waals surface area contributed by atoms with Crippen molar-refractivity contribution in [2.75, 3.05) is 25.2 Å². The lowest BCUT2D eigenvalue weighted by Gasteiger charge is -2.30. The number of anilines is 1. The molecule has 182 valence electrons. The van der Waals surface area contributed by atoms with Gasteiger partial charge in [-0.3, -0.25) is 4.79 Å². The number of thiazole rings is 1. The van der Waals surface area contributed by atoms with E-state index in [1.54, 1.807) is 11.9 Å². The van der Waals surface area contributed by atoms with Gasteiger partial charge in [0.1, 0.15) is 10.6 Å². The minimum Gasteiger partial charge on any atom is -0.406 e. The number of alkyl halides is 6. The molecule has 1 aliphatic heterocycles. The first kappa shape index (κ1) is 25.1. The van der Waals surface area contributed by atoms with E-state index in [1.807, 2.05) is 0 Å². The van der Waals surface area contributed by atoms with Gasteiger partial charge in [-0.05, 0) is 37.5 Å². The van der Waals surface area contributed by atoms with Gasteiger partial charge in [0.05, 0.1) is 6.04 Å². The second kappa shape index (κ2) is 9.75. The fourth-order valence-electron chi connectivity index (χ4n) is 3.36. The van der Waals surface area contributed by atoms with Gasteiger partial charge in [0.15, 0.2) is 10.8 Å². The van der Waals surface area contributed by atoms with E-state index in [9.17, 15) is 31.1 Å². The molecule has 1 aromatic carbocycles. The molecule has 0 radical (unpaired) electrons. The first-order valence-corrected chi connectivity index (χ1v) is 10.7. The zero-order chi connectivity index (χ0) is 24.4. The van der Waals surface area contributed by atoms with Crippen molar-refractivity contribution < 1.29 is 40.6 Å². The van der Waals surface area contributed by atoms with E-state index < -0.39 is 40.8 Å². The molecule has 1 N–H and O–H groups in total. The first-order valence-electron chi connectivity index (χ1n) is 9.90. The van der Waals surface area contributed by atoms with Gasteiger partial charge < -0.3 is 19.7 Å². The molecule has 1 amide bonds. The second-order valence-electron chi connectivity index (χ2n) is 7.44. The standard InChI is InChI=1S/C20H21F6N3O3S/c1-11(12-4-3-5-14(10-12)32-20(24,25)26)27-17(30)15-16(19(21,22)23)28-18(33-15)29(2)13-6-8-31-9-7-13/h3-5,10-11,13H,6-9H2,1-2H3,(H,27,30). The summed E-state index contributed by atoms with van der Waals surface area (Å²) in [5.74, 6) is -1.53. The molecular formula is C20H21F6N3O3S. The van der Waals surface area contributed by atoms with Crippen LogP contribution < -0.4 is 15.0 Å². The van der Waals surface area contributed by atoms with Crippen LogP contribution in [0.15, 0.2) is 24.3 Å². The van der Waals surface area contributed by atoms with E-state index in [1.165, 1.54) is 19.1 Å². The zero-order valence-electron chi connectivity index (χ0n) is 17.6. The van der Waals surface area contributed by atoms with Crippen LogP contribution in [0.2, 0.25) is 0 Å². The molecule has 3 rings (SSSR count). The number of amides is 1. The van der Waals surface area contributed by atoms with Gasteiger partial charge >= 0.3 is 12.5 Å². The smallest absolute Gasteiger partial charge is 0.406 e. The van der Waals surface area contributed by atoms with Gasteiger partial charge in [0.25, 0.3) is 5.91 Å². The Bertz CT molecular complexity index is 973. The average Bonchev–Trinajstić information content (AvgIpc) is 3.19. The van der Waals surface area contributed by atoms with Crippen LogP contribution in [0, 0.1) is 0 Å². The van der Waals surface area contributed by atoms with E-state index in [0.29, 0.717) is 37.4 Å². The van der Waals surface area contributed by atoms with Crippen LogP contribution in [0.1, 0.15) is 46.7 Å². The van der Waals surface area contributed by atoms with Crippen molar-refractivity contribution in [1.82, 2.24) is 10.3 Å². The van der Waals surface area contributed by atoms with Crippen LogP contribution in [0.25, 0.3) is 0 Å². The molecule has 6 nitrogen and oxygen atoms in total. The number of nitrogens with one attached hydrogen (secondary N) is 1. The molecule has 13 heteroatoms. The van der Waals surface area contributed by atoms with E-state index in [-0.39, 0.29) is 16.7 Å². The Balaban J connectivity index is 1.81. The van der Waals surface area contributed by atoms with Crippen molar-refractivity contribution in [2.45, 2.75) is 44.4 Å². The summed E-state index contributed by atoms with van der Waals surface area (Å²) in [6.07, 6.45) is -8.53. The van der Waals surface area contributed by atoms with E-state index in [2.05, 4.69) is 15.0 Å². The maximum atomic E-state index is 13.6. The molecule has 2 heterocycles. The molecule has 1 aliphatic rings. The lowest BCUT2D eigenvalue weighted by atomic mass is 10.1. The number of rotatable bonds is 6. The fraction of sp³-hybridized carbons (Fsp3) is 0.500. The van der Waals surface area contributed by atoms with Crippen molar-refractivity contribution in [2.24, 2.45) is 0 Å². The minimum absolute atomic E-state index is 0.0487. The summed E-state index contributed by atoms with van der Waals surface area (Å²) in [7, 11) is 1.62. The number of carbonyl (C=O) groups is 1. The third-order valence-electron chi connectivity index (χ3n) is 5.07. The largest absolute Gasteiger partial charge is 0.573 e.